The number of nitrogens with two attached hydrogens (primary N) is 1. The van der Waals surface area contributed by atoms with E-state index >= 15 is 0 Å². The number of amides is 1. The Labute approximate surface area is 85.3 Å². The summed E-state index contributed by atoms with van der Waals surface area (Å²) >= 11 is 0. The molecular formula is C10H20N2O2. The van der Waals surface area contributed by atoms with Crippen LogP contribution in [-0.4, -0.2) is 30.7 Å². The molecule has 1 heterocycles. The summed E-state index contributed by atoms with van der Waals surface area (Å²) in [5, 5.41) is 1.50. The molecule has 0 saturated carbocycles. The van der Waals surface area contributed by atoms with Gasteiger partial charge in [-0.25, -0.2) is 5.06 Å². The Morgan fingerprint density at radius 1 is 1.57 bits per heavy atom. The molecule has 0 spiro atoms. The molecule has 0 aromatic rings. The standard InChI is InChI=1S/C10H20N2O2/c1-9(5-6-11)3-4-10(13)12-7-2-8-14-12/h9H,2-8,11H2,1H3. The van der Waals surface area contributed by atoms with Gasteiger partial charge in [-0.05, 0) is 31.7 Å². The largest absolute Gasteiger partial charge is 0.330 e. The Morgan fingerprint density at radius 3 is 2.93 bits per heavy atom. The van der Waals surface area contributed by atoms with E-state index in [9.17, 15) is 4.79 Å². The average Bonchev–Trinajstić information content (AvgIpc) is 2.67. The minimum absolute atomic E-state index is 0.117. The quantitative estimate of drug-likeness (QED) is 0.718. The fourth-order valence-corrected chi connectivity index (χ4v) is 1.57. The van der Waals surface area contributed by atoms with Crippen molar-refractivity contribution in [1.29, 1.82) is 0 Å². The minimum Gasteiger partial charge on any atom is -0.330 e. The molecule has 1 saturated heterocycles. The molecule has 4 heteroatoms. The van der Waals surface area contributed by atoms with Crippen molar-refractivity contribution in [2.75, 3.05) is 19.7 Å². The van der Waals surface area contributed by atoms with Crippen LogP contribution in [-0.2, 0) is 9.63 Å². The van der Waals surface area contributed by atoms with Gasteiger partial charge in [0.2, 0.25) is 5.91 Å². The van der Waals surface area contributed by atoms with E-state index in [4.69, 9.17) is 10.6 Å². The third-order valence-corrected chi connectivity index (χ3v) is 2.54. The molecule has 2 N–H and O–H groups in total. The van der Waals surface area contributed by atoms with Gasteiger partial charge < -0.3 is 5.73 Å². The Morgan fingerprint density at radius 2 is 2.36 bits per heavy atom. The molecule has 14 heavy (non-hydrogen) atoms. The van der Waals surface area contributed by atoms with Crippen LogP contribution in [0.1, 0.15) is 32.6 Å². The maximum atomic E-state index is 11.5. The van der Waals surface area contributed by atoms with E-state index in [0.717, 1.165) is 25.8 Å². The molecule has 1 rings (SSSR count). The van der Waals surface area contributed by atoms with E-state index in [-0.39, 0.29) is 5.91 Å². The van der Waals surface area contributed by atoms with Crippen LogP contribution in [0.5, 0.6) is 0 Å². The molecule has 82 valence electrons. The number of hydroxylamine groups is 2. The number of hydrogen-bond acceptors (Lipinski definition) is 3. The molecule has 0 aliphatic carbocycles. The second-order valence-corrected chi connectivity index (χ2v) is 3.90. The summed E-state index contributed by atoms with van der Waals surface area (Å²) in [7, 11) is 0. The lowest BCUT2D eigenvalue weighted by molar-refractivity contribution is -0.169. The lowest BCUT2D eigenvalue weighted by atomic mass is 10.0. The molecular weight excluding hydrogens is 180 g/mol. The first-order valence-electron chi connectivity index (χ1n) is 5.37. The Hall–Kier alpha value is -0.610. The summed E-state index contributed by atoms with van der Waals surface area (Å²) in [4.78, 5) is 16.7. The van der Waals surface area contributed by atoms with Crippen LogP contribution in [0.3, 0.4) is 0 Å². The van der Waals surface area contributed by atoms with Gasteiger partial charge in [-0.2, -0.15) is 0 Å². The first-order valence-corrected chi connectivity index (χ1v) is 5.37. The van der Waals surface area contributed by atoms with Crippen LogP contribution in [0, 0.1) is 5.92 Å². The maximum Gasteiger partial charge on any atom is 0.246 e. The topological polar surface area (TPSA) is 55.6 Å². The summed E-state index contributed by atoms with van der Waals surface area (Å²) in [6.07, 6.45) is 3.45. The SMILES string of the molecule is CC(CCN)CCC(=O)N1CCCO1. The fourth-order valence-electron chi connectivity index (χ4n) is 1.57. The highest BCUT2D eigenvalue weighted by Gasteiger charge is 2.19. The molecule has 0 aromatic heterocycles. The zero-order valence-electron chi connectivity index (χ0n) is 8.87. The first-order chi connectivity index (χ1) is 6.74. The van der Waals surface area contributed by atoms with Gasteiger partial charge in [0.1, 0.15) is 0 Å². The average molecular weight is 200 g/mol. The molecule has 0 aromatic carbocycles. The predicted molar refractivity (Wildman–Crippen MR) is 54.4 cm³/mol. The van der Waals surface area contributed by atoms with Crippen molar-refractivity contribution in [3.05, 3.63) is 0 Å². The summed E-state index contributed by atoms with van der Waals surface area (Å²) in [6.45, 7) is 4.27. The number of carbonyl (C=O) groups is 1. The first kappa shape index (κ1) is 11.5. The van der Waals surface area contributed by atoms with Gasteiger partial charge in [0.15, 0.2) is 0 Å². The van der Waals surface area contributed by atoms with Crippen LogP contribution in [0.4, 0.5) is 0 Å². The van der Waals surface area contributed by atoms with Crippen LogP contribution < -0.4 is 5.73 Å². The highest BCUT2D eigenvalue weighted by molar-refractivity contribution is 5.75. The van der Waals surface area contributed by atoms with Crippen LogP contribution in [0.2, 0.25) is 0 Å². The molecule has 4 nitrogen and oxygen atoms in total. The van der Waals surface area contributed by atoms with Crippen molar-refractivity contribution in [2.45, 2.75) is 32.6 Å². The van der Waals surface area contributed by atoms with Gasteiger partial charge in [-0.1, -0.05) is 6.92 Å². The Kier molecular flexibility index (Phi) is 4.90. The minimum atomic E-state index is 0.117. The van der Waals surface area contributed by atoms with E-state index in [1.165, 1.54) is 5.06 Å². The third-order valence-electron chi connectivity index (χ3n) is 2.54. The highest BCUT2D eigenvalue weighted by atomic mass is 16.7. The molecule has 1 fully saturated rings. The number of carbonyl (C=O) groups excluding carboxylic acids is 1. The van der Waals surface area contributed by atoms with Crippen molar-refractivity contribution in [2.24, 2.45) is 11.7 Å². The second kappa shape index (κ2) is 5.98. The third kappa shape index (κ3) is 3.64. The summed E-state index contributed by atoms with van der Waals surface area (Å²) in [5.41, 5.74) is 5.44. The van der Waals surface area contributed by atoms with Crippen molar-refractivity contribution in [3.63, 3.8) is 0 Å². The van der Waals surface area contributed by atoms with Gasteiger partial charge >= 0.3 is 0 Å². The predicted octanol–water partition coefficient (Wildman–Crippen LogP) is 0.915. The zero-order valence-corrected chi connectivity index (χ0v) is 8.87. The van der Waals surface area contributed by atoms with Gasteiger partial charge in [-0.15, -0.1) is 0 Å². The Bertz CT molecular complexity index is 179. The van der Waals surface area contributed by atoms with Gasteiger partial charge in [0, 0.05) is 6.42 Å². The summed E-state index contributed by atoms with van der Waals surface area (Å²) in [6, 6.07) is 0. The molecule has 0 radical (unpaired) electrons. The van der Waals surface area contributed by atoms with Crippen LogP contribution in [0.15, 0.2) is 0 Å². The van der Waals surface area contributed by atoms with Crippen molar-refractivity contribution < 1.29 is 9.63 Å². The van der Waals surface area contributed by atoms with Crippen LogP contribution >= 0.6 is 0 Å². The normalized spacial score (nSPS) is 18.6. The summed E-state index contributed by atoms with van der Waals surface area (Å²) in [5.74, 6) is 0.651. The van der Waals surface area contributed by atoms with E-state index in [1.807, 2.05) is 0 Å². The maximum absolute atomic E-state index is 11.5. The molecule has 1 aliphatic heterocycles. The van der Waals surface area contributed by atoms with E-state index in [0.29, 0.717) is 25.5 Å². The van der Waals surface area contributed by atoms with Gasteiger partial charge in [0.05, 0.1) is 13.2 Å². The zero-order chi connectivity index (χ0) is 10.4. The van der Waals surface area contributed by atoms with E-state index < -0.39 is 0 Å². The lowest BCUT2D eigenvalue weighted by Crippen LogP contribution is -2.26. The van der Waals surface area contributed by atoms with E-state index in [2.05, 4.69) is 6.92 Å². The fraction of sp³-hybridized carbons (Fsp3) is 0.900. The van der Waals surface area contributed by atoms with Crippen LogP contribution in [0.25, 0.3) is 0 Å². The van der Waals surface area contributed by atoms with Crippen molar-refractivity contribution in [3.8, 4) is 0 Å². The molecule has 1 atom stereocenters. The molecule has 1 unspecified atom stereocenters. The number of nitrogens with zero attached hydrogens (tertiary/aromatic N) is 1. The summed E-state index contributed by atoms with van der Waals surface area (Å²) < 4.78 is 0. The van der Waals surface area contributed by atoms with E-state index in [1.54, 1.807) is 0 Å². The molecule has 0 bridgehead atoms. The monoisotopic (exact) mass is 200 g/mol. The van der Waals surface area contributed by atoms with Crippen molar-refractivity contribution >= 4 is 5.91 Å². The second-order valence-electron chi connectivity index (χ2n) is 3.90. The van der Waals surface area contributed by atoms with Crippen molar-refractivity contribution in [1.82, 2.24) is 5.06 Å². The number of hydrogen-bond donors (Lipinski definition) is 1. The highest BCUT2D eigenvalue weighted by Crippen LogP contribution is 2.13. The number of rotatable bonds is 5. The smallest absolute Gasteiger partial charge is 0.246 e. The lowest BCUT2D eigenvalue weighted by Gasteiger charge is -2.15. The van der Waals surface area contributed by atoms with Gasteiger partial charge in [-0.3, -0.25) is 9.63 Å². The Balaban J connectivity index is 2.13. The molecule has 1 amide bonds. The van der Waals surface area contributed by atoms with Gasteiger partial charge in [0.25, 0.3) is 0 Å². The molecule has 1 aliphatic rings.